The number of imidazole rings is 1. The normalized spacial score (nSPS) is 13.6. The quantitative estimate of drug-likeness (QED) is 0.369. The molecule has 0 atom stereocenters. The van der Waals surface area contributed by atoms with E-state index in [9.17, 15) is 0 Å². The summed E-state index contributed by atoms with van der Waals surface area (Å²) in [5.41, 5.74) is 6.41. The molecule has 0 N–H and O–H groups in total. The van der Waals surface area contributed by atoms with Gasteiger partial charge in [0.25, 0.3) is 0 Å². The Bertz CT molecular complexity index is 1120. The predicted molar refractivity (Wildman–Crippen MR) is 115 cm³/mol. The fraction of sp³-hybridized carbons (Fsp3) is 0.217. The summed E-state index contributed by atoms with van der Waals surface area (Å²) < 4.78 is 10.7. The largest absolute Gasteiger partial charge is 0.487 e. The molecule has 0 fully saturated rings. The average molecular weight is 411 g/mol. The average Bonchev–Trinajstić information content (AvgIpc) is 3.12. The minimum absolute atomic E-state index is 0.541. The maximum atomic E-state index is 6.08. The second-order valence-corrected chi connectivity index (χ2v) is 8.10. The lowest BCUT2D eigenvalue weighted by atomic mass is 10.0. The molecule has 5 heteroatoms. The van der Waals surface area contributed by atoms with Gasteiger partial charge in [-0.2, -0.15) is 0 Å². The zero-order valence-electron chi connectivity index (χ0n) is 15.4. The molecule has 0 bridgehead atoms. The monoisotopic (exact) mass is 410 g/mol. The molecule has 0 radical (unpaired) electrons. The van der Waals surface area contributed by atoms with E-state index in [0.717, 1.165) is 28.8 Å². The topological polar surface area (TPSA) is 18.6 Å². The van der Waals surface area contributed by atoms with E-state index >= 15 is 0 Å². The van der Waals surface area contributed by atoms with Crippen molar-refractivity contribution in [2.24, 2.45) is 0 Å². The van der Waals surface area contributed by atoms with Crippen molar-refractivity contribution in [2.75, 3.05) is 0 Å². The molecular weight excluding hydrogens is 391 g/mol. The van der Waals surface area contributed by atoms with Crippen molar-refractivity contribution in [1.29, 1.82) is 0 Å². The molecule has 2 aromatic carbocycles. The van der Waals surface area contributed by atoms with Crippen molar-refractivity contribution >= 4 is 28.8 Å². The molecule has 3 heterocycles. The molecule has 0 unspecified atom stereocenters. The van der Waals surface area contributed by atoms with Crippen LogP contribution in [-0.4, -0.2) is 8.97 Å². The van der Waals surface area contributed by atoms with Gasteiger partial charge in [0, 0.05) is 40.1 Å². The number of aromatic nitrogens is 2. The maximum absolute atomic E-state index is 6.08. The molecule has 0 spiro atoms. The smallest absolute Gasteiger partial charge is 0.130 e. The Hall–Kier alpha value is -2.36. The minimum atomic E-state index is 0.541. The number of halogens is 2. The zero-order valence-corrected chi connectivity index (χ0v) is 16.9. The van der Waals surface area contributed by atoms with Crippen LogP contribution in [0.15, 0.2) is 60.9 Å². The van der Waals surface area contributed by atoms with Gasteiger partial charge in [-0.3, -0.25) is 0 Å². The molecule has 0 aliphatic carbocycles. The van der Waals surface area contributed by atoms with Crippen molar-refractivity contribution in [2.45, 2.75) is 32.4 Å². The Morgan fingerprint density at radius 3 is 2.32 bits per heavy atom. The van der Waals surface area contributed by atoms with Gasteiger partial charge >= 0.3 is 0 Å². The third-order valence-electron chi connectivity index (χ3n) is 5.41. The maximum Gasteiger partial charge on any atom is 0.130 e. The van der Waals surface area contributed by atoms with Gasteiger partial charge in [0.05, 0.1) is 5.69 Å². The van der Waals surface area contributed by atoms with Gasteiger partial charge in [-0.25, -0.2) is 0 Å². The van der Waals surface area contributed by atoms with Crippen LogP contribution in [-0.2, 0) is 19.6 Å². The van der Waals surface area contributed by atoms with E-state index < -0.39 is 0 Å². The molecule has 5 rings (SSSR count). The highest BCUT2D eigenvalue weighted by Crippen LogP contribution is 2.34. The standard InChI is InChI=1S/C23H20Cl2N2O/c24-17-6-4-16(5-7-17)22-14-26-13-19(15-28-20-10-8-18(25)9-11-20)27-12-2-1-3-21(22)23(26)27/h4-11,13-14H,1-3,12,15H2. The molecule has 2 aromatic heterocycles. The predicted octanol–water partition coefficient (Wildman–Crippen LogP) is 6.63. The first-order valence-corrected chi connectivity index (χ1v) is 10.3. The fourth-order valence-corrected chi connectivity index (χ4v) is 4.32. The Morgan fingerprint density at radius 1 is 0.857 bits per heavy atom. The van der Waals surface area contributed by atoms with E-state index in [4.69, 9.17) is 27.9 Å². The molecule has 142 valence electrons. The van der Waals surface area contributed by atoms with E-state index in [-0.39, 0.29) is 0 Å². The number of hydrogen-bond donors (Lipinski definition) is 0. The van der Waals surface area contributed by atoms with Crippen LogP contribution in [0.25, 0.3) is 16.8 Å². The Kier molecular flexibility index (Phi) is 4.58. The Morgan fingerprint density at radius 2 is 1.57 bits per heavy atom. The van der Waals surface area contributed by atoms with Crippen molar-refractivity contribution in [3.05, 3.63) is 82.2 Å². The molecule has 0 saturated heterocycles. The molecule has 0 amide bonds. The molecule has 1 aliphatic heterocycles. The lowest BCUT2D eigenvalue weighted by Gasteiger charge is -2.10. The van der Waals surface area contributed by atoms with Gasteiger partial charge in [-0.05, 0) is 61.2 Å². The summed E-state index contributed by atoms with van der Waals surface area (Å²) in [7, 11) is 0. The van der Waals surface area contributed by atoms with Gasteiger partial charge in [0.2, 0.25) is 0 Å². The highest BCUT2D eigenvalue weighted by molar-refractivity contribution is 6.30. The van der Waals surface area contributed by atoms with E-state index in [2.05, 4.69) is 33.5 Å². The summed E-state index contributed by atoms with van der Waals surface area (Å²) in [6, 6.07) is 15.7. The third-order valence-corrected chi connectivity index (χ3v) is 5.92. The summed E-state index contributed by atoms with van der Waals surface area (Å²) in [5, 5.41) is 1.49. The number of rotatable bonds is 4. The highest BCUT2D eigenvalue weighted by Gasteiger charge is 2.21. The van der Waals surface area contributed by atoms with E-state index in [0.29, 0.717) is 6.61 Å². The van der Waals surface area contributed by atoms with Crippen LogP contribution >= 0.6 is 23.2 Å². The van der Waals surface area contributed by atoms with Gasteiger partial charge < -0.3 is 13.7 Å². The lowest BCUT2D eigenvalue weighted by Crippen LogP contribution is -2.05. The van der Waals surface area contributed by atoms with Crippen LogP contribution in [0.4, 0.5) is 0 Å². The van der Waals surface area contributed by atoms with Gasteiger partial charge in [0.15, 0.2) is 0 Å². The number of hydrogen-bond acceptors (Lipinski definition) is 1. The van der Waals surface area contributed by atoms with Gasteiger partial charge in [-0.15, -0.1) is 0 Å². The van der Waals surface area contributed by atoms with Crippen molar-refractivity contribution in [3.8, 4) is 16.9 Å². The fourth-order valence-electron chi connectivity index (χ4n) is 4.07. The van der Waals surface area contributed by atoms with Crippen molar-refractivity contribution < 1.29 is 4.74 Å². The molecule has 1 aliphatic rings. The Labute approximate surface area is 174 Å². The van der Waals surface area contributed by atoms with Crippen LogP contribution < -0.4 is 4.74 Å². The SMILES string of the molecule is Clc1ccc(OCc2cn3cc(-c4ccc(Cl)cc4)c4c3n2CCCC4)cc1. The summed E-state index contributed by atoms with van der Waals surface area (Å²) >= 11 is 12.0. The summed E-state index contributed by atoms with van der Waals surface area (Å²) in [6.45, 7) is 1.56. The number of ether oxygens (including phenoxy) is 1. The van der Waals surface area contributed by atoms with Crippen molar-refractivity contribution in [3.63, 3.8) is 0 Å². The van der Waals surface area contributed by atoms with Crippen LogP contribution in [0.3, 0.4) is 0 Å². The molecule has 4 aromatic rings. The van der Waals surface area contributed by atoms with Gasteiger partial charge in [0.1, 0.15) is 18.0 Å². The van der Waals surface area contributed by atoms with E-state index in [1.54, 1.807) is 0 Å². The van der Waals surface area contributed by atoms with Crippen molar-refractivity contribution in [1.82, 2.24) is 8.97 Å². The number of nitrogens with zero attached hydrogens (tertiary/aromatic N) is 2. The molecule has 3 nitrogen and oxygen atoms in total. The summed E-state index contributed by atoms with van der Waals surface area (Å²) in [4.78, 5) is 0. The first kappa shape index (κ1) is 17.7. The highest BCUT2D eigenvalue weighted by atomic mass is 35.5. The molecular formula is C23H20Cl2N2O. The minimum Gasteiger partial charge on any atom is -0.487 e. The molecule has 28 heavy (non-hydrogen) atoms. The first-order chi connectivity index (χ1) is 13.7. The lowest BCUT2D eigenvalue weighted by molar-refractivity contribution is 0.295. The number of benzene rings is 2. The second kappa shape index (κ2) is 7.23. The van der Waals surface area contributed by atoms with Gasteiger partial charge in [-0.1, -0.05) is 35.3 Å². The second-order valence-electron chi connectivity index (χ2n) is 7.23. The summed E-state index contributed by atoms with van der Waals surface area (Å²) in [6.07, 6.45) is 7.89. The first-order valence-electron chi connectivity index (χ1n) is 9.55. The van der Waals surface area contributed by atoms with Crippen LogP contribution in [0.5, 0.6) is 5.75 Å². The van der Waals surface area contributed by atoms with Crippen LogP contribution in [0.2, 0.25) is 10.0 Å². The van der Waals surface area contributed by atoms with Crippen LogP contribution in [0.1, 0.15) is 24.1 Å². The Balaban J connectivity index is 1.52. The van der Waals surface area contributed by atoms with Crippen LogP contribution in [0, 0.1) is 0 Å². The van der Waals surface area contributed by atoms with E-state index in [1.807, 2.05) is 36.4 Å². The number of aryl methyl sites for hydroxylation is 2. The molecule has 0 saturated carbocycles. The van der Waals surface area contributed by atoms with E-state index in [1.165, 1.54) is 40.9 Å². The zero-order chi connectivity index (χ0) is 19.1. The third kappa shape index (κ3) is 3.19. The summed E-state index contributed by atoms with van der Waals surface area (Å²) in [5.74, 6) is 0.832.